The highest BCUT2D eigenvalue weighted by Gasteiger charge is 2.31. The van der Waals surface area contributed by atoms with Gasteiger partial charge >= 0.3 is 5.97 Å². The van der Waals surface area contributed by atoms with Gasteiger partial charge in [-0.2, -0.15) is 4.31 Å². The molecule has 1 fully saturated rings. The van der Waals surface area contributed by atoms with Crippen LogP contribution in [0.1, 0.15) is 23.2 Å². The Balaban J connectivity index is 2.33. The van der Waals surface area contributed by atoms with Crippen LogP contribution in [0.3, 0.4) is 0 Å². The van der Waals surface area contributed by atoms with Crippen LogP contribution in [-0.2, 0) is 10.0 Å². The van der Waals surface area contributed by atoms with Crippen molar-refractivity contribution in [3.63, 3.8) is 0 Å². The number of aliphatic hydroxyl groups is 1. The molecule has 1 unspecified atom stereocenters. The first-order valence-corrected chi connectivity index (χ1v) is 8.73. The van der Waals surface area contributed by atoms with Crippen molar-refractivity contribution in [1.29, 1.82) is 0 Å². The topological polar surface area (TPSA) is 94.9 Å². The number of carboxylic acids is 1. The number of aromatic carboxylic acids is 1. The third kappa shape index (κ3) is 3.45. The number of hydrogen-bond donors (Lipinski definition) is 2. The number of halogens is 1. The first kappa shape index (κ1) is 16.4. The lowest BCUT2D eigenvalue weighted by Crippen LogP contribution is -2.41. The summed E-state index contributed by atoms with van der Waals surface area (Å²) in [6.45, 7) is 0.656. The third-order valence-electron chi connectivity index (χ3n) is 3.54. The van der Waals surface area contributed by atoms with E-state index in [9.17, 15) is 18.3 Å². The molecular weight excluding hydrogens is 362 g/mol. The predicted molar refractivity (Wildman–Crippen MR) is 79.7 cm³/mol. The van der Waals surface area contributed by atoms with Crippen LogP contribution in [0, 0.1) is 5.92 Å². The molecule has 116 valence electrons. The molecule has 1 heterocycles. The van der Waals surface area contributed by atoms with Crippen LogP contribution >= 0.6 is 15.9 Å². The highest BCUT2D eigenvalue weighted by atomic mass is 79.9. The maximum Gasteiger partial charge on any atom is 0.335 e. The Hall–Kier alpha value is -0.960. The maximum absolute atomic E-state index is 12.6. The van der Waals surface area contributed by atoms with Crippen LogP contribution in [0.5, 0.6) is 0 Å². The summed E-state index contributed by atoms with van der Waals surface area (Å²) in [6, 6.07) is 3.85. The Kier molecular flexibility index (Phi) is 5.03. The van der Waals surface area contributed by atoms with Crippen molar-refractivity contribution in [2.24, 2.45) is 5.92 Å². The minimum atomic E-state index is -3.70. The molecule has 1 atom stereocenters. The molecule has 1 aliphatic rings. The number of carboxylic acid groups (broad SMARTS) is 1. The van der Waals surface area contributed by atoms with Gasteiger partial charge in [0.25, 0.3) is 0 Å². The molecule has 1 aromatic carbocycles. The zero-order valence-corrected chi connectivity index (χ0v) is 13.6. The maximum atomic E-state index is 12.6. The largest absolute Gasteiger partial charge is 0.478 e. The van der Waals surface area contributed by atoms with Crippen molar-refractivity contribution in [1.82, 2.24) is 4.31 Å². The van der Waals surface area contributed by atoms with E-state index in [1.165, 1.54) is 22.5 Å². The average Bonchev–Trinajstić information content (AvgIpc) is 2.46. The van der Waals surface area contributed by atoms with Gasteiger partial charge < -0.3 is 10.2 Å². The summed E-state index contributed by atoms with van der Waals surface area (Å²) in [5.74, 6) is -1.16. The number of nitrogens with zero attached hydrogens (tertiary/aromatic N) is 1. The minimum absolute atomic E-state index is 0.0210. The van der Waals surface area contributed by atoms with Crippen LogP contribution in [0.25, 0.3) is 0 Å². The van der Waals surface area contributed by atoms with Crippen molar-refractivity contribution in [3.8, 4) is 0 Å². The SMILES string of the molecule is O=C(O)c1ccc(S(=O)(=O)N2CCCC(CO)C2)c(Br)c1. The van der Waals surface area contributed by atoms with Gasteiger partial charge in [-0.25, -0.2) is 13.2 Å². The second-order valence-electron chi connectivity index (χ2n) is 5.00. The zero-order chi connectivity index (χ0) is 15.6. The molecule has 8 heteroatoms. The first-order valence-electron chi connectivity index (χ1n) is 6.50. The summed E-state index contributed by atoms with van der Waals surface area (Å²) >= 11 is 3.13. The number of carbonyl (C=O) groups is 1. The molecule has 0 radical (unpaired) electrons. The number of aliphatic hydroxyl groups excluding tert-OH is 1. The number of rotatable bonds is 4. The minimum Gasteiger partial charge on any atom is -0.478 e. The zero-order valence-electron chi connectivity index (χ0n) is 11.2. The van der Waals surface area contributed by atoms with Gasteiger partial charge in [0, 0.05) is 24.2 Å². The molecular formula is C13H16BrNO5S. The van der Waals surface area contributed by atoms with Crippen molar-refractivity contribution in [3.05, 3.63) is 28.2 Å². The van der Waals surface area contributed by atoms with Crippen LogP contribution in [0.4, 0.5) is 0 Å². The van der Waals surface area contributed by atoms with Crippen molar-refractivity contribution in [2.75, 3.05) is 19.7 Å². The lowest BCUT2D eigenvalue weighted by Gasteiger charge is -2.31. The molecule has 0 spiro atoms. The van der Waals surface area contributed by atoms with E-state index in [1.807, 2.05) is 0 Å². The van der Waals surface area contributed by atoms with Gasteiger partial charge in [0.2, 0.25) is 10.0 Å². The van der Waals surface area contributed by atoms with Crippen molar-refractivity contribution >= 4 is 31.9 Å². The van der Waals surface area contributed by atoms with E-state index < -0.39 is 16.0 Å². The number of hydrogen-bond acceptors (Lipinski definition) is 4. The van der Waals surface area contributed by atoms with Gasteiger partial charge in [0.05, 0.1) is 10.5 Å². The average molecular weight is 378 g/mol. The van der Waals surface area contributed by atoms with E-state index >= 15 is 0 Å². The van der Waals surface area contributed by atoms with Crippen molar-refractivity contribution < 1.29 is 23.4 Å². The second kappa shape index (κ2) is 6.43. The predicted octanol–water partition coefficient (Wildman–Crippen LogP) is 1.54. The summed E-state index contributed by atoms with van der Waals surface area (Å²) in [7, 11) is -3.70. The highest BCUT2D eigenvalue weighted by molar-refractivity contribution is 9.10. The molecule has 1 aromatic rings. The summed E-state index contributed by atoms with van der Waals surface area (Å²) in [6.07, 6.45) is 1.51. The smallest absolute Gasteiger partial charge is 0.335 e. The van der Waals surface area contributed by atoms with Crippen LogP contribution in [0.15, 0.2) is 27.6 Å². The van der Waals surface area contributed by atoms with Gasteiger partial charge in [-0.15, -0.1) is 0 Å². The Morgan fingerprint density at radius 2 is 2.14 bits per heavy atom. The Morgan fingerprint density at radius 1 is 1.43 bits per heavy atom. The monoisotopic (exact) mass is 377 g/mol. The second-order valence-corrected chi connectivity index (χ2v) is 7.76. The molecule has 0 saturated carbocycles. The molecule has 2 rings (SSSR count). The molecule has 6 nitrogen and oxygen atoms in total. The molecule has 1 saturated heterocycles. The number of sulfonamides is 1. The van der Waals surface area contributed by atoms with Gasteiger partial charge in [0.1, 0.15) is 0 Å². The Morgan fingerprint density at radius 3 is 2.71 bits per heavy atom. The Labute approximate surface area is 131 Å². The molecule has 0 aliphatic carbocycles. The highest BCUT2D eigenvalue weighted by Crippen LogP contribution is 2.29. The molecule has 1 aliphatic heterocycles. The normalized spacial score (nSPS) is 20.4. The first-order chi connectivity index (χ1) is 9.86. The van der Waals surface area contributed by atoms with E-state index in [1.54, 1.807) is 0 Å². The van der Waals surface area contributed by atoms with E-state index in [2.05, 4.69) is 15.9 Å². The van der Waals surface area contributed by atoms with Gasteiger partial charge in [0.15, 0.2) is 0 Å². The summed E-state index contributed by atoms with van der Waals surface area (Å²) < 4.78 is 26.8. The van der Waals surface area contributed by atoms with Crippen LogP contribution < -0.4 is 0 Å². The van der Waals surface area contributed by atoms with Crippen LogP contribution in [-0.4, -0.2) is 48.6 Å². The molecule has 2 N–H and O–H groups in total. The standard InChI is InChI=1S/C13H16BrNO5S/c14-11-6-10(13(17)18)3-4-12(11)21(19,20)15-5-1-2-9(7-15)8-16/h3-4,6,9,16H,1-2,5,7-8H2,(H,17,18). The van der Waals surface area contributed by atoms with E-state index in [4.69, 9.17) is 5.11 Å². The fraction of sp³-hybridized carbons (Fsp3) is 0.462. The Bertz CT molecular complexity index is 646. The fourth-order valence-corrected chi connectivity index (χ4v) is 4.97. The van der Waals surface area contributed by atoms with Gasteiger partial charge in [-0.05, 0) is 52.9 Å². The summed E-state index contributed by atoms with van der Waals surface area (Å²) in [5.41, 5.74) is 0.0210. The molecule has 21 heavy (non-hydrogen) atoms. The van der Waals surface area contributed by atoms with Gasteiger partial charge in [-0.3, -0.25) is 0 Å². The number of benzene rings is 1. The fourth-order valence-electron chi connectivity index (χ4n) is 2.38. The summed E-state index contributed by atoms with van der Waals surface area (Å²) in [5, 5.41) is 18.1. The van der Waals surface area contributed by atoms with Crippen molar-refractivity contribution in [2.45, 2.75) is 17.7 Å². The number of piperidine rings is 1. The molecule has 0 bridgehead atoms. The third-order valence-corrected chi connectivity index (χ3v) is 6.38. The lowest BCUT2D eigenvalue weighted by molar-refractivity contribution is 0.0696. The molecule has 0 amide bonds. The van der Waals surface area contributed by atoms with E-state index in [0.717, 1.165) is 6.42 Å². The van der Waals surface area contributed by atoms with Crippen LogP contribution in [0.2, 0.25) is 0 Å². The summed E-state index contributed by atoms with van der Waals surface area (Å²) in [4.78, 5) is 10.9. The lowest BCUT2D eigenvalue weighted by atomic mass is 10.0. The molecule has 0 aromatic heterocycles. The van der Waals surface area contributed by atoms with E-state index in [0.29, 0.717) is 13.0 Å². The van der Waals surface area contributed by atoms with E-state index in [-0.39, 0.29) is 34.0 Å². The van der Waals surface area contributed by atoms with Gasteiger partial charge in [-0.1, -0.05) is 0 Å². The quantitative estimate of drug-likeness (QED) is 0.829.